The van der Waals surface area contributed by atoms with E-state index in [-0.39, 0.29) is 0 Å². The summed E-state index contributed by atoms with van der Waals surface area (Å²) in [4.78, 5) is 9.27. The van der Waals surface area contributed by atoms with Gasteiger partial charge in [0.05, 0.1) is 32.6 Å². The summed E-state index contributed by atoms with van der Waals surface area (Å²) < 4.78 is 2.86. The molecule has 0 aliphatic carbocycles. The van der Waals surface area contributed by atoms with Crippen LogP contribution in [0.15, 0.2) is 28.7 Å². The van der Waals surface area contributed by atoms with E-state index in [9.17, 15) is 0 Å². The number of aromatic nitrogens is 4. The maximum Gasteiger partial charge on any atom is 0.175 e. The van der Waals surface area contributed by atoms with Crippen molar-refractivity contribution in [1.29, 1.82) is 0 Å². The molecule has 0 aliphatic heterocycles. The summed E-state index contributed by atoms with van der Waals surface area (Å²) in [5.74, 6) is 0.782. The van der Waals surface area contributed by atoms with E-state index in [0.717, 1.165) is 38.4 Å². The number of hydrogen-bond donors (Lipinski definition) is 0. The first kappa shape index (κ1) is 12.3. The molecule has 0 bridgehead atoms. The van der Waals surface area contributed by atoms with Gasteiger partial charge in [-0.2, -0.15) is 5.10 Å². The van der Waals surface area contributed by atoms with Gasteiger partial charge in [-0.3, -0.25) is 0 Å². The maximum absolute atomic E-state index is 4.68. The lowest BCUT2D eigenvalue weighted by Crippen LogP contribution is -2.06. The average Bonchev–Trinajstić information content (AvgIpc) is 2.66. The predicted molar refractivity (Wildman–Crippen MR) is 78.6 cm³/mol. The van der Waals surface area contributed by atoms with Gasteiger partial charge in [0.25, 0.3) is 0 Å². The van der Waals surface area contributed by atoms with Gasteiger partial charge >= 0.3 is 0 Å². The molecule has 1 aromatic carbocycles. The molecular formula is C14H13BrN4. The highest BCUT2D eigenvalue weighted by molar-refractivity contribution is 9.10. The van der Waals surface area contributed by atoms with Crippen LogP contribution in [0.5, 0.6) is 0 Å². The largest absolute Gasteiger partial charge is 0.248 e. The second-order valence-electron chi connectivity index (χ2n) is 4.52. The molecule has 0 amide bonds. The number of benzene rings is 1. The highest BCUT2D eigenvalue weighted by Crippen LogP contribution is 2.24. The fraction of sp³-hybridized carbons (Fsp3) is 0.214. The molecule has 5 heteroatoms. The third-order valence-corrected chi connectivity index (χ3v) is 4.27. The fourth-order valence-electron chi connectivity index (χ4n) is 2.11. The van der Waals surface area contributed by atoms with Crippen molar-refractivity contribution < 1.29 is 0 Å². The van der Waals surface area contributed by atoms with Crippen LogP contribution in [0, 0.1) is 20.8 Å². The summed E-state index contributed by atoms with van der Waals surface area (Å²) in [6.07, 6.45) is 0. The van der Waals surface area contributed by atoms with Gasteiger partial charge in [-0.25, -0.2) is 14.6 Å². The molecular weight excluding hydrogens is 304 g/mol. The molecule has 4 nitrogen and oxygen atoms in total. The van der Waals surface area contributed by atoms with Crippen molar-refractivity contribution in [2.75, 3.05) is 0 Å². The maximum atomic E-state index is 4.68. The van der Waals surface area contributed by atoms with Crippen molar-refractivity contribution in [3.8, 4) is 5.82 Å². The smallest absolute Gasteiger partial charge is 0.175 e. The number of para-hydroxylation sites is 2. The minimum absolute atomic E-state index is 0.782. The third kappa shape index (κ3) is 1.94. The van der Waals surface area contributed by atoms with Crippen molar-refractivity contribution in [3.05, 3.63) is 45.8 Å². The van der Waals surface area contributed by atoms with Gasteiger partial charge in [0.15, 0.2) is 5.82 Å². The van der Waals surface area contributed by atoms with Gasteiger partial charge in [0, 0.05) is 0 Å². The number of nitrogens with zero attached hydrogens (tertiary/aromatic N) is 4. The number of fused-ring (bicyclic) bond motifs is 1. The van der Waals surface area contributed by atoms with Gasteiger partial charge in [-0.15, -0.1) is 0 Å². The van der Waals surface area contributed by atoms with Crippen LogP contribution in [0.1, 0.15) is 17.1 Å². The van der Waals surface area contributed by atoms with Crippen LogP contribution >= 0.6 is 15.9 Å². The Hall–Kier alpha value is -1.75. The molecule has 2 heterocycles. The summed E-state index contributed by atoms with van der Waals surface area (Å²) in [7, 11) is 0. The number of rotatable bonds is 1. The standard InChI is InChI=1S/C14H13BrN4/c1-8-13(15)10(3)19(18-8)14-9(2)16-11-6-4-5-7-12(11)17-14/h4-7H,1-3H3. The average molecular weight is 317 g/mol. The van der Waals surface area contributed by atoms with E-state index in [1.807, 2.05) is 49.7 Å². The second-order valence-corrected chi connectivity index (χ2v) is 5.31. The van der Waals surface area contributed by atoms with Gasteiger partial charge < -0.3 is 0 Å². The van der Waals surface area contributed by atoms with Gasteiger partial charge in [-0.1, -0.05) is 12.1 Å². The summed E-state index contributed by atoms with van der Waals surface area (Å²) >= 11 is 3.54. The Kier molecular flexibility index (Phi) is 2.86. The molecule has 0 saturated heterocycles. The van der Waals surface area contributed by atoms with E-state index < -0.39 is 0 Å². The Labute approximate surface area is 119 Å². The molecule has 0 aliphatic rings. The molecule has 0 spiro atoms. The Morgan fingerprint density at radius 2 is 1.58 bits per heavy atom. The van der Waals surface area contributed by atoms with Crippen LogP contribution in [0.3, 0.4) is 0 Å². The number of halogens is 1. The van der Waals surface area contributed by atoms with Crippen molar-refractivity contribution in [1.82, 2.24) is 19.7 Å². The zero-order valence-electron chi connectivity index (χ0n) is 11.0. The quantitative estimate of drug-likeness (QED) is 0.690. The molecule has 3 aromatic rings. The van der Waals surface area contributed by atoms with Crippen LogP contribution in [-0.2, 0) is 0 Å². The van der Waals surface area contributed by atoms with Gasteiger partial charge in [0.1, 0.15) is 0 Å². The highest BCUT2D eigenvalue weighted by Gasteiger charge is 2.14. The van der Waals surface area contributed by atoms with E-state index in [2.05, 4.69) is 31.0 Å². The van der Waals surface area contributed by atoms with Crippen molar-refractivity contribution >= 4 is 27.0 Å². The first-order valence-corrected chi connectivity index (χ1v) is 6.82. The normalized spacial score (nSPS) is 11.2. The first-order valence-electron chi connectivity index (χ1n) is 6.03. The molecule has 0 N–H and O–H groups in total. The molecule has 0 fully saturated rings. The lowest BCUT2D eigenvalue weighted by atomic mass is 10.3. The summed E-state index contributed by atoms with van der Waals surface area (Å²) in [5, 5.41) is 4.51. The molecule has 96 valence electrons. The van der Waals surface area contributed by atoms with Crippen LogP contribution < -0.4 is 0 Å². The summed E-state index contributed by atoms with van der Waals surface area (Å²) in [6, 6.07) is 7.87. The SMILES string of the molecule is Cc1nc2ccccc2nc1-n1nc(C)c(Br)c1C. The number of aryl methyl sites for hydroxylation is 2. The van der Waals surface area contributed by atoms with Gasteiger partial charge in [0.2, 0.25) is 0 Å². The molecule has 0 radical (unpaired) electrons. The van der Waals surface area contributed by atoms with E-state index in [1.165, 1.54) is 0 Å². The Morgan fingerprint density at radius 3 is 2.16 bits per heavy atom. The van der Waals surface area contributed by atoms with E-state index in [1.54, 1.807) is 0 Å². The topological polar surface area (TPSA) is 43.6 Å². The van der Waals surface area contributed by atoms with E-state index >= 15 is 0 Å². The summed E-state index contributed by atoms with van der Waals surface area (Å²) in [5.41, 5.74) is 4.64. The lowest BCUT2D eigenvalue weighted by Gasteiger charge is -2.08. The van der Waals surface area contributed by atoms with Crippen molar-refractivity contribution in [2.24, 2.45) is 0 Å². The van der Waals surface area contributed by atoms with Crippen LogP contribution in [-0.4, -0.2) is 19.7 Å². The molecule has 0 unspecified atom stereocenters. The number of hydrogen-bond acceptors (Lipinski definition) is 3. The van der Waals surface area contributed by atoms with E-state index in [4.69, 9.17) is 0 Å². The van der Waals surface area contributed by atoms with E-state index in [0.29, 0.717) is 0 Å². The monoisotopic (exact) mass is 316 g/mol. The Bertz CT molecular complexity index is 776. The lowest BCUT2D eigenvalue weighted by molar-refractivity contribution is 0.795. The highest BCUT2D eigenvalue weighted by atomic mass is 79.9. The van der Waals surface area contributed by atoms with Crippen LogP contribution in [0.4, 0.5) is 0 Å². The Balaban J connectivity index is 2.30. The first-order chi connectivity index (χ1) is 9.08. The zero-order valence-corrected chi connectivity index (χ0v) is 12.6. The van der Waals surface area contributed by atoms with Gasteiger partial charge in [-0.05, 0) is 48.8 Å². The Morgan fingerprint density at radius 1 is 0.947 bits per heavy atom. The molecule has 0 atom stereocenters. The minimum Gasteiger partial charge on any atom is -0.248 e. The summed E-state index contributed by atoms with van der Waals surface area (Å²) in [6.45, 7) is 5.94. The van der Waals surface area contributed by atoms with Crippen molar-refractivity contribution in [3.63, 3.8) is 0 Å². The van der Waals surface area contributed by atoms with Crippen molar-refractivity contribution in [2.45, 2.75) is 20.8 Å². The fourth-order valence-corrected chi connectivity index (χ4v) is 2.36. The molecule has 2 aromatic heterocycles. The minimum atomic E-state index is 0.782. The molecule has 19 heavy (non-hydrogen) atoms. The zero-order chi connectivity index (χ0) is 13.6. The predicted octanol–water partition coefficient (Wildman–Crippen LogP) is 3.50. The van der Waals surface area contributed by atoms with Crippen LogP contribution in [0.2, 0.25) is 0 Å². The second kappa shape index (κ2) is 4.42. The molecule has 3 rings (SSSR count). The third-order valence-electron chi connectivity index (χ3n) is 3.12. The van der Waals surface area contributed by atoms with Crippen LogP contribution in [0.25, 0.3) is 16.9 Å². The molecule has 0 saturated carbocycles.